The molecule has 0 aliphatic heterocycles. The SMILES string of the molecule is Cc1cc(S(=O)(=O)NCC2CC2(C)C)ccc1CN. The lowest BCUT2D eigenvalue weighted by Gasteiger charge is -2.10. The van der Waals surface area contributed by atoms with Crippen molar-refractivity contribution < 1.29 is 8.42 Å². The van der Waals surface area contributed by atoms with Crippen LogP contribution in [0.5, 0.6) is 0 Å². The number of nitrogens with one attached hydrogen (secondary N) is 1. The highest BCUT2D eigenvalue weighted by atomic mass is 32.2. The summed E-state index contributed by atoms with van der Waals surface area (Å²) in [6, 6.07) is 5.09. The zero-order valence-corrected chi connectivity index (χ0v) is 12.5. The van der Waals surface area contributed by atoms with Crippen molar-refractivity contribution in [1.29, 1.82) is 0 Å². The van der Waals surface area contributed by atoms with Gasteiger partial charge in [0.2, 0.25) is 10.0 Å². The van der Waals surface area contributed by atoms with Crippen molar-refractivity contribution in [3.05, 3.63) is 29.3 Å². The summed E-state index contributed by atoms with van der Waals surface area (Å²) in [7, 11) is -3.40. The van der Waals surface area contributed by atoms with Crippen LogP contribution in [0.3, 0.4) is 0 Å². The maximum absolute atomic E-state index is 12.2. The Morgan fingerprint density at radius 3 is 2.53 bits per heavy atom. The molecule has 1 atom stereocenters. The molecule has 0 radical (unpaired) electrons. The number of aryl methyl sites for hydroxylation is 1. The maximum atomic E-state index is 12.2. The highest BCUT2D eigenvalue weighted by Gasteiger charge is 2.45. The third-order valence-corrected chi connectivity index (χ3v) is 5.50. The summed E-state index contributed by atoms with van der Waals surface area (Å²) in [5.41, 5.74) is 7.75. The van der Waals surface area contributed by atoms with Crippen molar-refractivity contribution in [3.8, 4) is 0 Å². The number of hydrogen-bond acceptors (Lipinski definition) is 3. The Bertz CT molecular complexity index is 579. The average Bonchev–Trinajstić information content (AvgIpc) is 2.95. The Kier molecular flexibility index (Phi) is 3.73. The average molecular weight is 282 g/mol. The van der Waals surface area contributed by atoms with Gasteiger partial charge in [-0.25, -0.2) is 13.1 Å². The number of benzene rings is 1. The van der Waals surface area contributed by atoms with E-state index in [9.17, 15) is 8.42 Å². The maximum Gasteiger partial charge on any atom is 0.240 e. The lowest BCUT2D eigenvalue weighted by atomic mass is 10.1. The Hall–Kier alpha value is -0.910. The minimum atomic E-state index is -3.40. The first-order chi connectivity index (χ1) is 8.76. The smallest absolute Gasteiger partial charge is 0.240 e. The topological polar surface area (TPSA) is 72.2 Å². The Morgan fingerprint density at radius 2 is 2.05 bits per heavy atom. The van der Waals surface area contributed by atoms with Crippen LogP contribution < -0.4 is 10.5 Å². The van der Waals surface area contributed by atoms with Crippen LogP contribution in [0.4, 0.5) is 0 Å². The van der Waals surface area contributed by atoms with Gasteiger partial charge in [-0.15, -0.1) is 0 Å². The van der Waals surface area contributed by atoms with Gasteiger partial charge in [-0.1, -0.05) is 19.9 Å². The van der Waals surface area contributed by atoms with E-state index < -0.39 is 10.0 Å². The molecule has 5 heteroatoms. The Balaban J connectivity index is 2.09. The molecule has 1 saturated carbocycles. The Labute approximate surface area is 115 Å². The van der Waals surface area contributed by atoms with Crippen molar-refractivity contribution >= 4 is 10.0 Å². The van der Waals surface area contributed by atoms with Crippen LogP contribution >= 0.6 is 0 Å². The van der Waals surface area contributed by atoms with E-state index in [1.165, 1.54) is 0 Å². The fraction of sp³-hybridized carbons (Fsp3) is 0.571. The lowest BCUT2D eigenvalue weighted by Crippen LogP contribution is -2.27. The van der Waals surface area contributed by atoms with Gasteiger partial charge in [0.25, 0.3) is 0 Å². The van der Waals surface area contributed by atoms with E-state index in [1.54, 1.807) is 18.2 Å². The molecule has 4 nitrogen and oxygen atoms in total. The van der Waals surface area contributed by atoms with Crippen LogP contribution in [-0.4, -0.2) is 15.0 Å². The van der Waals surface area contributed by atoms with Crippen molar-refractivity contribution in [2.45, 2.75) is 38.6 Å². The summed E-state index contributed by atoms with van der Waals surface area (Å²) in [6.45, 7) is 7.15. The largest absolute Gasteiger partial charge is 0.326 e. The predicted molar refractivity (Wildman–Crippen MR) is 76.1 cm³/mol. The molecule has 1 aliphatic rings. The van der Waals surface area contributed by atoms with Crippen LogP contribution in [-0.2, 0) is 16.6 Å². The number of sulfonamides is 1. The van der Waals surface area contributed by atoms with Gasteiger partial charge in [-0.3, -0.25) is 0 Å². The first-order valence-electron chi connectivity index (χ1n) is 6.55. The third kappa shape index (κ3) is 3.16. The first-order valence-corrected chi connectivity index (χ1v) is 8.04. The van der Waals surface area contributed by atoms with Crippen LogP contribution in [0.2, 0.25) is 0 Å². The number of rotatable bonds is 5. The molecule has 0 spiro atoms. The Morgan fingerprint density at radius 1 is 1.42 bits per heavy atom. The summed E-state index contributed by atoms with van der Waals surface area (Å²) in [5, 5.41) is 0. The monoisotopic (exact) mass is 282 g/mol. The van der Waals surface area contributed by atoms with Gasteiger partial charge in [0, 0.05) is 13.1 Å². The van der Waals surface area contributed by atoms with Gasteiger partial charge >= 0.3 is 0 Å². The van der Waals surface area contributed by atoms with E-state index in [0.29, 0.717) is 23.9 Å². The quantitative estimate of drug-likeness (QED) is 0.864. The van der Waals surface area contributed by atoms with E-state index >= 15 is 0 Å². The fourth-order valence-corrected chi connectivity index (χ4v) is 3.45. The van der Waals surface area contributed by atoms with E-state index in [4.69, 9.17) is 5.73 Å². The summed E-state index contributed by atoms with van der Waals surface area (Å²) in [6.07, 6.45) is 1.08. The van der Waals surface area contributed by atoms with Gasteiger partial charge < -0.3 is 5.73 Å². The molecule has 0 bridgehead atoms. The molecule has 1 aromatic rings. The third-order valence-electron chi connectivity index (χ3n) is 4.08. The fourth-order valence-electron chi connectivity index (χ4n) is 2.28. The molecular weight excluding hydrogens is 260 g/mol. The molecule has 19 heavy (non-hydrogen) atoms. The minimum Gasteiger partial charge on any atom is -0.326 e. The van der Waals surface area contributed by atoms with E-state index in [1.807, 2.05) is 6.92 Å². The van der Waals surface area contributed by atoms with Gasteiger partial charge in [0.15, 0.2) is 0 Å². The number of nitrogens with two attached hydrogens (primary N) is 1. The normalized spacial score (nSPS) is 21.4. The standard InChI is InChI=1S/C14H22N2O2S/c1-10-6-13(5-4-11(10)8-15)19(17,18)16-9-12-7-14(12,2)3/h4-6,12,16H,7-9,15H2,1-3H3. The van der Waals surface area contributed by atoms with Gasteiger partial charge in [-0.2, -0.15) is 0 Å². The second-order valence-electron chi connectivity index (χ2n) is 6.03. The molecule has 0 amide bonds. The highest BCUT2D eigenvalue weighted by Crippen LogP contribution is 2.51. The van der Waals surface area contributed by atoms with Crippen molar-refractivity contribution in [2.24, 2.45) is 17.1 Å². The number of hydrogen-bond donors (Lipinski definition) is 2. The second kappa shape index (κ2) is 4.89. The van der Waals surface area contributed by atoms with Crippen LogP contribution in [0.25, 0.3) is 0 Å². The highest BCUT2D eigenvalue weighted by molar-refractivity contribution is 7.89. The zero-order chi connectivity index (χ0) is 14.3. The van der Waals surface area contributed by atoms with E-state index in [2.05, 4.69) is 18.6 Å². The molecule has 3 N–H and O–H groups in total. The molecule has 0 heterocycles. The molecule has 1 aliphatic carbocycles. The first kappa shape index (κ1) is 14.5. The summed E-state index contributed by atoms with van der Waals surface area (Å²) in [5.74, 6) is 0.451. The molecule has 1 aromatic carbocycles. The molecular formula is C14H22N2O2S. The summed E-state index contributed by atoms with van der Waals surface area (Å²) in [4.78, 5) is 0.320. The minimum absolute atomic E-state index is 0.280. The van der Waals surface area contributed by atoms with E-state index in [-0.39, 0.29) is 5.41 Å². The molecule has 2 rings (SSSR count). The van der Waals surface area contributed by atoms with Crippen molar-refractivity contribution in [2.75, 3.05) is 6.54 Å². The van der Waals surface area contributed by atoms with E-state index in [0.717, 1.165) is 17.5 Å². The lowest BCUT2D eigenvalue weighted by molar-refractivity contribution is 0.537. The van der Waals surface area contributed by atoms with Gasteiger partial charge in [0.1, 0.15) is 0 Å². The van der Waals surface area contributed by atoms with Gasteiger partial charge in [0.05, 0.1) is 4.90 Å². The van der Waals surface area contributed by atoms with Crippen LogP contribution in [0.1, 0.15) is 31.4 Å². The molecule has 106 valence electrons. The molecule has 0 saturated heterocycles. The molecule has 1 fully saturated rings. The molecule has 0 aromatic heterocycles. The summed E-state index contributed by atoms with van der Waals surface area (Å²) < 4.78 is 27.1. The van der Waals surface area contributed by atoms with Crippen LogP contribution in [0, 0.1) is 18.3 Å². The molecule has 1 unspecified atom stereocenters. The second-order valence-corrected chi connectivity index (χ2v) is 7.80. The van der Waals surface area contributed by atoms with Crippen LogP contribution in [0.15, 0.2) is 23.1 Å². The van der Waals surface area contributed by atoms with Crippen molar-refractivity contribution in [1.82, 2.24) is 4.72 Å². The summed E-state index contributed by atoms with van der Waals surface area (Å²) >= 11 is 0. The van der Waals surface area contributed by atoms with Gasteiger partial charge in [-0.05, 0) is 47.9 Å². The van der Waals surface area contributed by atoms with Crippen molar-refractivity contribution in [3.63, 3.8) is 0 Å². The predicted octanol–water partition coefficient (Wildman–Crippen LogP) is 1.78. The zero-order valence-electron chi connectivity index (χ0n) is 11.7.